The number of anilines is 1. The van der Waals surface area contributed by atoms with E-state index in [1.807, 2.05) is 4.90 Å². The smallest absolute Gasteiger partial charge is 0.491 e. The number of aromatic nitrogens is 5. The number of ether oxygens (including phenoxy) is 1. The van der Waals surface area contributed by atoms with E-state index in [1.165, 1.54) is 24.7 Å². The number of carbonyl (C=O) groups excluding carboxylic acids is 1. The van der Waals surface area contributed by atoms with Gasteiger partial charge in [0.15, 0.2) is 5.82 Å². The Morgan fingerprint density at radius 2 is 1.78 bits per heavy atom. The van der Waals surface area contributed by atoms with Gasteiger partial charge in [-0.1, -0.05) is 0 Å². The molecular weight excluding hydrogens is 479 g/mol. The summed E-state index contributed by atoms with van der Waals surface area (Å²) in [6.07, 6.45) is 1.06. The SMILES string of the molecule is CN1CCC2(CC1)CN(c1ncc(-c3c(O)cc(-c4ncccn4)cc3OC(=O)C(F)(F)F)nn1)C2. The molecule has 3 aromatic rings. The minimum atomic E-state index is -5.25. The van der Waals surface area contributed by atoms with Crippen molar-refractivity contribution in [3.63, 3.8) is 0 Å². The molecule has 5 rings (SSSR count). The number of phenolic OH excluding ortho intramolecular Hbond substituents is 1. The van der Waals surface area contributed by atoms with E-state index < -0.39 is 23.6 Å². The maximum absolute atomic E-state index is 12.9. The van der Waals surface area contributed by atoms with Crippen LogP contribution < -0.4 is 9.64 Å². The molecule has 0 atom stereocenters. The molecule has 0 amide bonds. The van der Waals surface area contributed by atoms with Gasteiger partial charge < -0.3 is 19.6 Å². The average molecular weight is 501 g/mol. The van der Waals surface area contributed by atoms with E-state index in [2.05, 4.69) is 41.8 Å². The Kier molecular flexibility index (Phi) is 5.94. The summed E-state index contributed by atoms with van der Waals surface area (Å²) in [6.45, 7) is 3.67. The lowest BCUT2D eigenvalue weighted by atomic mass is 9.72. The molecule has 0 unspecified atom stereocenters. The fourth-order valence-electron chi connectivity index (χ4n) is 4.52. The minimum absolute atomic E-state index is 0.0590. The van der Waals surface area contributed by atoms with Crippen molar-refractivity contribution in [2.45, 2.75) is 19.0 Å². The maximum atomic E-state index is 12.9. The van der Waals surface area contributed by atoms with Crippen LogP contribution in [0.2, 0.25) is 0 Å². The summed E-state index contributed by atoms with van der Waals surface area (Å²) < 4.78 is 43.4. The van der Waals surface area contributed by atoms with Crippen LogP contribution in [-0.4, -0.2) is 80.5 Å². The molecule has 0 radical (unpaired) electrons. The Hall–Kier alpha value is -3.87. The third kappa shape index (κ3) is 4.65. The Bertz CT molecular complexity index is 1260. The Morgan fingerprint density at radius 3 is 2.39 bits per heavy atom. The van der Waals surface area contributed by atoms with Crippen molar-refractivity contribution in [2.24, 2.45) is 5.41 Å². The van der Waals surface area contributed by atoms with Crippen molar-refractivity contribution in [3.8, 4) is 34.1 Å². The molecule has 2 aliphatic rings. The van der Waals surface area contributed by atoms with E-state index in [-0.39, 0.29) is 28.1 Å². The highest BCUT2D eigenvalue weighted by molar-refractivity contribution is 5.84. The fraction of sp³-hybridized carbons (Fsp3) is 0.391. The largest absolute Gasteiger partial charge is 0.507 e. The monoisotopic (exact) mass is 501 g/mol. The number of alkyl halides is 3. The van der Waals surface area contributed by atoms with Gasteiger partial charge >= 0.3 is 12.1 Å². The first-order chi connectivity index (χ1) is 17.1. The second-order valence-corrected chi connectivity index (χ2v) is 9.13. The number of rotatable bonds is 4. The standard InChI is InChI=1S/C23H22F3N7O3/c1-32-7-3-22(4-8-32)12-33(13-22)21-29-11-15(30-31-21)18-16(34)9-14(19-27-5-2-6-28-19)10-17(18)36-20(35)23(24,25)26/h2,5-6,9-11,34H,3-4,7-8,12-13H2,1H3. The Morgan fingerprint density at radius 1 is 1.08 bits per heavy atom. The molecule has 2 saturated heterocycles. The number of likely N-dealkylation sites (tertiary alicyclic amines) is 1. The van der Waals surface area contributed by atoms with Gasteiger partial charge in [0.05, 0.1) is 11.8 Å². The average Bonchev–Trinajstić information content (AvgIpc) is 2.83. The highest BCUT2D eigenvalue weighted by Crippen LogP contribution is 2.43. The molecule has 2 aliphatic heterocycles. The lowest BCUT2D eigenvalue weighted by Crippen LogP contribution is -2.60. The molecule has 0 aliphatic carbocycles. The van der Waals surface area contributed by atoms with Crippen LogP contribution in [0.15, 0.2) is 36.8 Å². The van der Waals surface area contributed by atoms with Crippen LogP contribution in [-0.2, 0) is 4.79 Å². The molecule has 2 aromatic heterocycles. The number of phenols is 1. The third-order valence-corrected chi connectivity index (χ3v) is 6.53. The van der Waals surface area contributed by atoms with Crippen LogP contribution in [0.25, 0.3) is 22.6 Å². The molecule has 1 spiro atoms. The first-order valence-electron chi connectivity index (χ1n) is 11.2. The van der Waals surface area contributed by atoms with Gasteiger partial charge in [0.25, 0.3) is 0 Å². The summed E-state index contributed by atoms with van der Waals surface area (Å²) >= 11 is 0. The number of hydrogen-bond acceptors (Lipinski definition) is 10. The van der Waals surface area contributed by atoms with E-state index in [9.17, 15) is 23.1 Å². The number of halogens is 3. The van der Waals surface area contributed by atoms with Crippen LogP contribution in [0.5, 0.6) is 11.5 Å². The lowest BCUT2D eigenvalue weighted by molar-refractivity contribution is -0.189. The van der Waals surface area contributed by atoms with Crippen molar-refractivity contribution in [1.82, 2.24) is 30.0 Å². The molecule has 0 saturated carbocycles. The van der Waals surface area contributed by atoms with Gasteiger partial charge in [-0.15, -0.1) is 10.2 Å². The van der Waals surface area contributed by atoms with E-state index in [0.29, 0.717) is 5.95 Å². The van der Waals surface area contributed by atoms with Crippen LogP contribution in [0, 0.1) is 5.41 Å². The fourth-order valence-corrected chi connectivity index (χ4v) is 4.52. The molecule has 13 heteroatoms. The Labute approximate surface area is 203 Å². The number of nitrogens with zero attached hydrogens (tertiary/aromatic N) is 7. The first kappa shape index (κ1) is 23.9. The number of esters is 1. The molecule has 2 fully saturated rings. The number of piperidine rings is 1. The summed E-state index contributed by atoms with van der Waals surface area (Å²) in [5.74, 6) is -3.02. The molecule has 0 bridgehead atoms. The second kappa shape index (κ2) is 8.97. The lowest BCUT2D eigenvalue weighted by Gasteiger charge is -2.53. The van der Waals surface area contributed by atoms with Crippen LogP contribution in [0.1, 0.15) is 12.8 Å². The maximum Gasteiger partial charge on any atom is 0.491 e. The number of hydrogen-bond donors (Lipinski definition) is 1. The van der Waals surface area contributed by atoms with Gasteiger partial charge in [0.1, 0.15) is 17.2 Å². The summed E-state index contributed by atoms with van der Waals surface area (Å²) in [5, 5.41) is 18.9. The molecule has 36 heavy (non-hydrogen) atoms. The van der Waals surface area contributed by atoms with Gasteiger partial charge in [0, 0.05) is 36.5 Å². The zero-order valence-electron chi connectivity index (χ0n) is 19.2. The van der Waals surface area contributed by atoms with Crippen molar-refractivity contribution >= 4 is 11.9 Å². The molecule has 1 aromatic carbocycles. The summed E-state index contributed by atoms with van der Waals surface area (Å²) in [6, 6.07) is 3.92. The highest BCUT2D eigenvalue weighted by Gasteiger charge is 2.45. The van der Waals surface area contributed by atoms with Crippen molar-refractivity contribution in [3.05, 3.63) is 36.8 Å². The van der Waals surface area contributed by atoms with Crippen molar-refractivity contribution in [2.75, 3.05) is 38.1 Å². The van der Waals surface area contributed by atoms with Crippen LogP contribution >= 0.6 is 0 Å². The van der Waals surface area contributed by atoms with Crippen LogP contribution in [0.4, 0.5) is 19.1 Å². The summed E-state index contributed by atoms with van der Waals surface area (Å²) in [7, 11) is 2.10. The van der Waals surface area contributed by atoms with Crippen molar-refractivity contribution < 1.29 is 27.8 Å². The molecule has 1 N–H and O–H groups in total. The van der Waals surface area contributed by atoms with Gasteiger partial charge in [-0.2, -0.15) is 13.2 Å². The van der Waals surface area contributed by atoms with Gasteiger partial charge in [-0.3, -0.25) is 0 Å². The quantitative estimate of drug-likeness (QED) is 0.422. The van der Waals surface area contributed by atoms with Gasteiger partial charge in [-0.25, -0.2) is 19.7 Å². The number of aromatic hydroxyl groups is 1. The topological polar surface area (TPSA) is 117 Å². The molecule has 4 heterocycles. The zero-order chi connectivity index (χ0) is 25.5. The normalized spacial score (nSPS) is 17.6. The van der Waals surface area contributed by atoms with E-state index in [1.54, 1.807) is 6.07 Å². The number of carbonyl (C=O) groups is 1. The van der Waals surface area contributed by atoms with E-state index >= 15 is 0 Å². The summed E-state index contributed by atoms with van der Waals surface area (Å²) in [4.78, 5) is 28.2. The number of benzene rings is 1. The molecular formula is C23H22F3N7O3. The highest BCUT2D eigenvalue weighted by atomic mass is 19.4. The van der Waals surface area contributed by atoms with Crippen LogP contribution in [0.3, 0.4) is 0 Å². The molecule has 10 nitrogen and oxygen atoms in total. The zero-order valence-corrected chi connectivity index (χ0v) is 19.2. The Balaban J connectivity index is 1.43. The predicted octanol–water partition coefficient (Wildman–Crippen LogP) is 2.70. The van der Waals surface area contributed by atoms with E-state index in [4.69, 9.17) is 0 Å². The van der Waals surface area contributed by atoms with Crippen molar-refractivity contribution in [1.29, 1.82) is 0 Å². The second-order valence-electron chi connectivity index (χ2n) is 9.13. The summed E-state index contributed by atoms with van der Waals surface area (Å²) in [5.41, 5.74) is 0.0649. The third-order valence-electron chi connectivity index (χ3n) is 6.53. The first-order valence-corrected chi connectivity index (χ1v) is 11.2. The van der Waals surface area contributed by atoms with Gasteiger partial charge in [-0.05, 0) is 51.2 Å². The predicted molar refractivity (Wildman–Crippen MR) is 121 cm³/mol. The van der Waals surface area contributed by atoms with E-state index in [0.717, 1.165) is 45.1 Å². The minimum Gasteiger partial charge on any atom is -0.507 e. The molecule has 188 valence electrons. The van der Waals surface area contributed by atoms with Gasteiger partial charge in [0.2, 0.25) is 5.95 Å².